The molecule has 5 rings (SSSR count). The number of nitrogens with zero attached hydrogens (tertiary/aromatic N) is 3. The third-order valence-electron chi connectivity index (χ3n) is 8.18. The second-order valence-electron chi connectivity index (χ2n) is 11.4. The molecular formula is C29H37N3O4S. The molecule has 198 valence electrons. The molecular weight excluding hydrogens is 486 g/mol. The minimum Gasteiger partial charge on any atom is -0.394 e. The van der Waals surface area contributed by atoms with Crippen LogP contribution in [0, 0.1) is 11.8 Å². The van der Waals surface area contributed by atoms with Crippen LogP contribution < -0.4 is 0 Å². The van der Waals surface area contributed by atoms with Crippen molar-refractivity contribution in [2.75, 3.05) is 26.2 Å². The summed E-state index contributed by atoms with van der Waals surface area (Å²) in [6.07, 6.45) is 8.97. The molecule has 0 aromatic heterocycles. The van der Waals surface area contributed by atoms with Crippen molar-refractivity contribution in [3.8, 4) is 0 Å². The van der Waals surface area contributed by atoms with Crippen LogP contribution in [0.5, 0.6) is 0 Å². The average Bonchev–Trinajstić information content (AvgIpc) is 3.17. The van der Waals surface area contributed by atoms with E-state index < -0.39 is 34.2 Å². The van der Waals surface area contributed by atoms with Crippen molar-refractivity contribution >= 4 is 29.5 Å². The van der Waals surface area contributed by atoms with E-state index in [9.17, 15) is 19.5 Å². The molecule has 7 nitrogen and oxygen atoms in total. The lowest BCUT2D eigenvalue weighted by molar-refractivity contribution is -0.148. The van der Waals surface area contributed by atoms with Crippen molar-refractivity contribution in [1.82, 2.24) is 14.7 Å². The molecule has 3 amide bonds. The van der Waals surface area contributed by atoms with E-state index in [0.29, 0.717) is 19.6 Å². The summed E-state index contributed by atoms with van der Waals surface area (Å²) in [7, 11) is 0. The van der Waals surface area contributed by atoms with Crippen LogP contribution in [0.1, 0.15) is 45.7 Å². The first kappa shape index (κ1) is 26.0. The summed E-state index contributed by atoms with van der Waals surface area (Å²) in [5.74, 6) is -1.60. The van der Waals surface area contributed by atoms with Gasteiger partial charge in [-0.15, -0.1) is 11.8 Å². The van der Waals surface area contributed by atoms with E-state index in [0.717, 1.165) is 12.0 Å². The van der Waals surface area contributed by atoms with E-state index in [4.69, 9.17) is 0 Å². The second kappa shape index (κ2) is 9.62. The van der Waals surface area contributed by atoms with Crippen LogP contribution in [0.15, 0.2) is 54.6 Å². The van der Waals surface area contributed by atoms with Gasteiger partial charge in [0, 0.05) is 30.4 Å². The van der Waals surface area contributed by atoms with Crippen LogP contribution in [-0.4, -0.2) is 85.3 Å². The Labute approximate surface area is 223 Å². The topological polar surface area (TPSA) is 81.2 Å². The fourth-order valence-electron chi connectivity index (χ4n) is 6.57. The zero-order valence-corrected chi connectivity index (χ0v) is 22.9. The van der Waals surface area contributed by atoms with Crippen LogP contribution in [0.2, 0.25) is 0 Å². The molecule has 4 aliphatic rings. The average molecular weight is 524 g/mol. The predicted octanol–water partition coefficient (Wildman–Crippen LogP) is 3.02. The summed E-state index contributed by atoms with van der Waals surface area (Å²) < 4.78 is -0.888. The number of hydrogen-bond acceptors (Lipinski definition) is 5. The van der Waals surface area contributed by atoms with Gasteiger partial charge in [0.15, 0.2) is 0 Å². The fourth-order valence-corrected chi connectivity index (χ4v) is 8.56. The largest absolute Gasteiger partial charge is 0.394 e. The molecule has 1 spiro atoms. The fraction of sp³-hybridized carbons (Fsp3) is 0.552. The molecule has 1 N–H and O–H groups in total. The normalized spacial score (nSPS) is 32.2. The Morgan fingerprint density at radius 2 is 1.78 bits per heavy atom. The van der Waals surface area contributed by atoms with Gasteiger partial charge in [0.25, 0.3) is 0 Å². The maximum absolute atomic E-state index is 14.5. The Balaban J connectivity index is 1.68. The van der Waals surface area contributed by atoms with E-state index in [-0.39, 0.29) is 29.6 Å². The van der Waals surface area contributed by atoms with Crippen molar-refractivity contribution in [2.45, 2.75) is 61.7 Å². The highest BCUT2D eigenvalue weighted by molar-refractivity contribution is 8.02. The third-order valence-corrected chi connectivity index (χ3v) is 9.92. The van der Waals surface area contributed by atoms with Gasteiger partial charge in [0.05, 0.1) is 29.2 Å². The number of amides is 3. The van der Waals surface area contributed by atoms with Crippen molar-refractivity contribution < 1.29 is 19.5 Å². The number of aliphatic hydroxyl groups excluding tert-OH is 1. The minimum absolute atomic E-state index is 0.0155. The summed E-state index contributed by atoms with van der Waals surface area (Å²) in [6, 6.07) is 7.90. The Morgan fingerprint density at radius 3 is 2.43 bits per heavy atom. The minimum atomic E-state index is -0.888. The molecule has 1 unspecified atom stereocenters. The molecule has 4 aliphatic heterocycles. The Hall–Kier alpha value is -2.58. The van der Waals surface area contributed by atoms with E-state index in [2.05, 4.69) is 6.08 Å². The lowest BCUT2D eigenvalue weighted by Gasteiger charge is -2.42. The predicted molar refractivity (Wildman–Crippen MR) is 145 cm³/mol. The number of rotatable bonds is 5. The van der Waals surface area contributed by atoms with Crippen molar-refractivity contribution in [2.24, 2.45) is 11.8 Å². The summed E-state index contributed by atoms with van der Waals surface area (Å²) in [5, 5.41) is 10.4. The van der Waals surface area contributed by atoms with Gasteiger partial charge in [-0.05, 0) is 32.8 Å². The summed E-state index contributed by atoms with van der Waals surface area (Å²) in [6.45, 7) is 9.33. The first-order chi connectivity index (χ1) is 17.7. The molecule has 37 heavy (non-hydrogen) atoms. The monoisotopic (exact) mass is 523 g/mol. The van der Waals surface area contributed by atoms with Crippen LogP contribution in [0.3, 0.4) is 0 Å². The van der Waals surface area contributed by atoms with Crippen LogP contribution in [0.25, 0.3) is 0 Å². The molecule has 1 aromatic carbocycles. The molecule has 0 saturated carbocycles. The molecule has 0 aliphatic carbocycles. The lowest BCUT2D eigenvalue weighted by atomic mass is 9.78. The number of carbonyl (C=O) groups is 3. The van der Waals surface area contributed by atoms with Crippen LogP contribution in [-0.2, 0) is 14.4 Å². The quantitative estimate of drug-likeness (QED) is 0.600. The molecule has 2 saturated heterocycles. The number of benzene rings is 1. The van der Waals surface area contributed by atoms with Crippen LogP contribution >= 0.6 is 11.8 Å². The van der Waals surface area contributed by atoms with Crippen molar-refractivity contribution in [3.63, 3.8) is 0 Å². The van der Waals surface area contributed by atoms with Crippen LogP contribution in [0.4, 0.5) is 0 Å². The van der Waals surface area contributed by atoms with Gasteiger partial charge >= 0.3 is 0 Å². The van der Waals surface area contributed by atoms with Gasteiger partial charge in [0.2, 0.25) is 17.7 Å². The Kier molecular flexibility index (Phi) is 6.77. The Bertz CT molecular complexity index is 1130. The SMILES string of the molecule is CCCN1CC=C[C@@H]2S[C@]34C=CCN(C(C)(C)C)C(=O)C3N([C@H](CO)c3ccccc3)C(=O)[C@@H]4[C@@H]2C1=O. The second-order valence-corrected chi connectivity index (χ2v) is 12.9. The number of carbonyl (C=O) groups excluding carboxylic acids is 3. The number of fused-ring (bicyclic) bond motifs is 2. The smallest absolute Gasteiger partial charge is 0.247 e. The molecule has 8 heteroatoms. The third kappa shape index (κ3) is 4.04. The van der Waals surface area contributed by atoms with Crippen molar-refractivity contribution in [1.29, 1.82) is 0 Å². The van der Waals surface area contributed by atoms with Gasteiger partial charge in [-0.2, -0.15) is 0 Å². The molecule has 0 bridgehead atoms. The van der Waals surface area contributed by atoms with Gasteiger partial charge in [0.1, 0.15) is 6.04 Å². The summed E-state index contributed by atoms with van der Waals surface area (Å²) in [5.41, 5.74) is 0.320. The first-order valence-corrected chi connectivity index (χ1v) is 14.1. The summed E-state index contributed by atoms with van der Waals surface area (Å²) >= 11 is 1.58. The highest BCUT2D eigenvalue weighted by Crippen LogP contribution is 2.62. The van der Waals surface area contributed by atoms with Gasteiger partial charge < -0.3 is 19.8 Å². The molecule has 2 fully saturated rings. The maximum atomic E-state index is 14.5. The zero-order chi connectivity index (χ0) is 26.5. The lowest BCUT2D eigenvalue weighted by Crippen LogP contribution is -2.58. The molecule has 1 aromatic rings. The van der Waals surface area contributed by atoms with E-state index in [1.807, 2.05) is 86.1 Å². The molecule has 0 radical (unpaired) electrons. The number of thioether (sulfide) groups is 1. The molecule has 6 atom stereocenters. The van der Waals surface area contributed by atoms with E-state index >= 15 is 0 Å². The van der Waals surface area contributed by atoms with Crippen molar-refractivity contribution in [3.05, 3.63) is 60.2 Å². The summed E-state index contributed by atoms with van der Waals surface area (Å²) in [4.78, 5) is 48.1. The maximum Gasteiger partial charge on any atom is 0.247 e. The number of hydrogen-bond donors (Lipinski definition) is 1. The highest BCUT2D eigenvalue weighted by atomic mass is 32.2. The highest BCUT2D eigenvalue weighted by Gasteiger charge is 2.72. The first-order valence-electron chi connectivity index (χ1n) is 13.3. The van der Waals surface area contributed by atoms with Gasteiger partial charge in [-0.3, -0.25) is 14.4 Å². The number of aliphatic hydroxyl groups is 1. The van der Waals surface area contributed by atoms with Gasteiger partial charge in [-0.1, -0.05) is 61.6 Å². The standard InChI is InChI=1S/C29H37N3O4S/c1-5-15-30-16-9-13-21-22(25(30)34)23-26(35)32(20(18-33)19-11-7-6-8-12-19)24-27(36)31(28(2,3)4)17-10-14-29(23,24)37-21/h6-14,20-24,33H,5,15-18H2,1-4H3/t20-,21+,22-,23+,24?,29+/m1/s1. The van der Waals surface area contributed by atoms with E-state index in [1.54, 1.807) is 16.7 Å². The van der Waals surface area contributed by atoms with Gasteiger partial charge in [-0.25, -0.2) is 0 Å². The Morgan fingerprint density at radius 1 is 1.05 bits per heavy atom. The zero-order valence-electron chi connectivity index (χ0n) is 22.0. The van der Waals surface area contributed by atoms with E-state index in [1.165, 1.54) is 0 Å². The molecule has 4 heterocycles. The number of likely N-dealkylation sites (tertiary alicyclic amines) is 1.